The van der Waals surface area contributed by atoms with Crippen LogP contribution in [0.3, 0.4) is 0 Å². The van der Waals surface area contributed by atoms with Gasteiger partial charge in [0.1, 0.15) is 30.4 Å². The Morgan fingerprint density at radius 3 is 2.22 bits per heavy atom. The van der Waals surface area contributed by atoms with E-state index in [1.165, 1.54) is 6.07 Å². The maximum absolute atomic E-state index is 14.4. The van der Waals surface area contributed by atoms with Gasteiger partial charge in [-0.3, -0.25) is 0 Å². The third kappa shape index (κ3) is 12.6. The highest BCUT2D eigenvalue weighted by Crippen LogP contribution is 2.35. The zero-order chi connectivity index (χ0) is 38.9. The Hall–Kier alpha value is -4.45. The van der Waals surface area contributed by atoms with Gasteiger partial charge in [-0.2, -0.15) is 0 Å². The van der Waals surface area contributed by atoms with Crippen molar-refractivity contribution in [2.24, 2.45) is 5.41 Å². The molecule has 294 valence electrons. The number of rotatable bonds is 12. The molecule has 2 N–H and O–H groups in total. The third-order valence-corrected chi connectivity index (χ3v) is 9.68. The first-order chi connectivity index (χ1) is 25.6. The van der Waals surface area contributed by atoms with E-state index < -0.39 is 24.2 Å². The van der Waals surface area contributed by atoms with Gasteiger partial charge in [-0.15, -0.1) is 0 Å². The monoisotopic (exact) mass is 749 g/mol. The minimum atomic E-state index is -2.76. The molecule has 1 atom stereocenters. The number of nitrogens with one attached hydrogen (secondary N) is 2. The van der Waals surface area contributed by atoms with E-state index in [0.717, 1.165) is 49.9 Å². The molecule has 2 aliphatic rings. The predicted molar refractivity (Wildman–Crippen MR) is 207 cm³/mol. The van der Waals surface area contributed by atoms with Gasteiger partial charge in [0.2, 0.25) is 0 Å². The number of alkyl halides is 2. The standard InChI is InChI=1S/C42H57F2N5O5/c1-41(2,3)26-33(47-39(50)54-42(4,5)6)28-52-36-13-12-30(24-35(36)38(43)44)31-14-19-45-37(25-31)46-32-15-20-48(21-16-32)34-17-22-49(23-18-34)40(51)53-27-29-10-8-7-9-11-29/h7-14,19,24-25,32-34,38H,15-18,20-23,26-28H2,1-6H3,(H,45,46)(H,47,50)/t33-/m0/s1. The van der Waals surface area contributed by atoms with Gasteiger partial charge in [0.05, 0.1) is 11.6 Å². The van der Waals surface area contributed by atoms with E-state index in [4.69, 9.17) is 14.2 Å². The van der Waals surface area contributed by atoms with Crippen molar-refractivity contribution in [2.45, 2.75) is 110 Å². The van der Waals surface area contributed by atoms with Gasteiger partial charge in [0, 0.05) is 44.5 Å². The summed E-state index contributed by atoms with van der Waals surface area (Å²) in [6.45, 7) is 15.0. The topological polar surface area (TPSA) is 105 Å². The average Bonchev–Trinajstić information content (AvgIpc) is 3.12. The van der Waals surface area contributed by atoms with Gasteiger partial charge in [-0.25, -0.2) is 23.4 Å². The van der Waals surface area contributed by atoms with E-state index in [2.05, 4.69) is 20.5 Å². The Morgan fingerprint density at radius 2 is 1.57 bits per heavy atom. The molecule has 1 aromatic heterocycles. The fraction of sp³-hybridized carbons (Fsp3) is 0.548. The molecule has 0 bridgehead atoms. The summed E-state index contributed by atoms with van der Waals surface area (Å²) in [5, 5.41) is 6.42. The molecule has 3 heterocycles. The number of alkyl carbamates (subject to hydrolysis) is 1. The highest BCUT2D eigenvalue weighted by Gasteiger charge is 2.31. The van der Waals surface area contributed by atoms with Crippen molar-refractivity contribution < 1.29 is 32.6 Å². The van der Waals surface area contributed by atoms with Crippen LogP contribution in [0.15, 0.2) is 66.9 Å². The lowest BCUT2D eigenvalue weighted by molar-refractivity contribution is 0.0469. The fourth-order valence-corrected chi connectivity index (χ4v) is 7.12. The van der Waals surface area contributed by atoms with E-state index in [0.29, 0.717) is 36.9 Å². The Bertz CT molecular complexity index is 1660. The van der Waals surface area contributed by atoms with Crippen LogP contribution in [0.4, 0.5) is 24.2 Å². The number of aromatic nitrogens is 1. The summed E-state index contributed by atoms with van der Waals surface area (Å²) in [6, 6.07) is 18.5. The van der Waals surface area contributed by atoms with E-state index in [9.17, 15) is 18.4 Å². The van der Waals surface area contributed by atoms with Gasteiger partial charge in [0.15, 0.2) is 0 Å². The van der Waals surface area contributed by atoms with E-state index in [1.807, 2.05) is 68.1 Å². The van der Waals surface area contributed by atoms with Crippen LogP contribution in [-0.2, 0) is 16.1 Å². The summed E-state index contributed by atoms with van der Waals surface area (Å²) in [5.74, 6) is 0.775. The van der Waals surface area contributed by atoms with Crippen molar-refractivity contribution in [3.8, 4) is 16.9 Å². The molecule has 10 nitrogen and oxygen atoms in total. The molecule has 54 heavy (non-hydrogen) atoms. The number of hydrogen-bond acceptors (Lipinski definition) is 8. The Labute approximate surface area is 318 Å². The molecular weight excluding hydrogens is 692 g/mol. The van der Waals surface area contributed by atoms with Crippen LogP contribution in [0.25, 0.3) is 11.1 Å². The van der Waals surface area contributed by atoms with Gasteiger partial charge in [0.25, 0.3) is 6.43 Å². The number of carbonyl (C=O) groups excluding carboxylic acids is 2. The van der Waals surface area contributed by atoms with Crippen molar-refractivity contribution in [1.82, 2.24) is 20.1 Å². The lowest BCUT2D eigenvalue weighted by Crippen LogP contribution is -2.50. The van der Waals surface area contributed by atoms with E-state index in [-0.39, 0.29) is 42.1 Å². The van der Waals surface area contributed by atoms with Crippen LogP contribution >= 0.6 is 0 Å². The van der Waals surface area contributed by atoms with Crippen LogP contribution in [0, 0.1) is 5.41 Å². The summed E-state index contributed by atoms with van der Waals surface area (Å²) in [6.07, 6.45) is 2.42. The SMILES string of the molecule is CC(C)(C)C[C@@H](COc1ccc(-c2ccnc(NC3CCN(C4CCN(C(=O)OCc5ccccc5)CC4)CC3)c2)cc1C(F)F)NC(=O)OC(C)(C)C. The molecule has 5 rings (SSSR count). The fourth-order valence-electron chi connectivity index (χ4n) is 7.12. The smallest absolute Gasteiger partial charge is 0.410 e. The van der Waals surface area contributed by atoms with Crippen molar-refractivity contribution in [1.29, 1.82) is 0 Å². The largest absolute Gasteiger partial charge is 0.491 e. The molecule has 0 aliphatic carbocycles. The van der Waals surface area contributed by atoms with Crippen molar-refractivity contribution in [2.75, 3.05) is 38.1 Å². The maximum atomic E-state index is 14.4. The molecule has 12 heteroatoms. The molecule has 0 unspecified atom stereocenters. The first-order valence-corrected chi connectivity index (χ1v) is 19.1. The Morgan fingerprint density at radius 1 is 0.889 bits per heavy atom. The predicted octanol–water partition coefficient (Wildman–Crippen LogP) is 9.07. The van der Waals surface area contributed by atoms with Gasteiger partial charge in [-0.05, 0) is 99.2 Å². The number of amides is 2. The number of piperidine rings is 2. The van der Waals surface area contributed by atoms with Crippen LogP contribution < -0.4 is 15.4 Å². The zero-order valence-electron chi connectivity index (χ0n) is 32.6. The van der Waals surface area contributed by atoms with Crippen molar-refractivity contribution in [3.63, 3.8) is 0 Å². The van der Waals surface area contributed by atoms with Crippen LogP contribution in [0.2, 0.25) is 0 Å². The highest BCUT2D eigenvalue weighted by atomic mass is 19.3. The molecule has 2 aromatic carbocycles. The van der Waals surface area contributed by atoms with Gasteiger partial charge in [-0.1, -0.05) is 57.2 Å². The molecule has 0 radical (unpaired) electrons. The van der Waals surface area contributed by atoms with Crippen LogP contribution in [-0.4, -0.2) is 83.5 Å². The van der Waals surface area contributed by atoms with Gasteiger partial charge < -0.3 is 34.6 Å². The number of ether oxygens (including phenoxy) is 3. The van der Waals surface area contributed by atoms with Crippen LogP contribution in [0.1, 0.15) is 91.2 Å². The normalized spacial score (nSPS) is 16.9. The molecule has 2 amide bonds. The summed E-state index contributed by atoms with van der Waals surface area (Å²) in [5.41, 5.74) is 1.35. The van der Waals surface area contributed by atoms with Crippen molar-refractivity contribution in [3.05, 3.63) is 78.0 Å². The van der Waals surface area contributed by atoms with E-state index in [1.54, 1.807) is 39.1 Å². The molecular formula is C42H57F2N5O5. The summed E-state index contributed by atoms with van der Waals surface area (Å²) < 4.78 is 45.7. The van der Waals surface area contributed by atoms with Crippen LogP contribution in [0.5, 0.6) is 5.75 Å². The third-order valence-electron chi connectivity index (χ3n) is 9.68. The second-order valence-corrected chi connectivity index (χ2v) is 16.6. The lowest BCUT2D eigenvalue weighted by Gasteiger charge is -2.41. The highest BCUT2D eigenvalue weighted by molar-refractivity contribution is 5.69. The number of anilines is 1. The number of benzene rings is 2. The summed E-state index contributed by atoms with van der Waals surface area (Å²) in [4.78, 5) is 34.0. The molecule has 0 saturated carbocycles. The first kappa shape index (κ1) is 40.7. The second-order valence-electron chi connectivity index (χ2n) is 16.6. The number of likely N-dealkylation sites (tertiary alicyclic amines) is 2. The number of hydrogen-bond donors (Lipinski definition) is 2. The number of carbonyl (C=O) groups is 2. The van der Waals surface area contributed by atoms with Crippen molar-refractivity contribution >= 4 is 18.0 Å². The minimum absolute atomic E-state index is 0.0146. The molecule has 3 aromatic rings. The summed E-state index contributed by atoms with van der Waals surface area (Å²) >= 11 is 0. The molecule has 2 aliphatic heterocycles. The second kappa shape index (κ2) is 18.3. The van der Waals surface area contributed by atoms with E-state index >= 15 is 0 Å². The zero-order valence-corrected chi connectivity index (χ0v) is 32.6. The molecule has 0 spiro atoms. The Kier molecular flexibility index (Phi) is 13.8. The minimum Gasteiger partial charge on any atom is -0.491 e. The van der Waals surface area contributed by atoms with Gasteiger partial charge >= 0.3 is 12.2 Å². The lowest BCUT2D eigenvalue weighted by atomic mass is 9.88. The number of halogens is 2. The average molecular weight is 750 g/mol. The number of pyridine rings is 1. The Balaban J connectivity index is 1.12. The first-order valence-electron chi connectivity index (χ1n) is 19.1. The summed E-state index contributed by atoms with van der Waals surface area (Å²) in [7, 11) is 0. The number of nitrogens with zero attached hydrogens (tertiary/aromatic N) is 3. The molecule has 2 saturated heterocycles. The quantitative estimate of drug-likeness (QED) is 0.189. The molecule has 2 fully saturated rings. The maximum Gasteiger partial charge on any atom is 0.410 e.